The predicted molar refractivity (Wildman–Crippen MR) is 109 cm³/mol. The molecule has 3 heteroatoms. The summed E-state index contributed by atoms with van der Waals surface area (Å²) in [5.41, 5.74) is 2.74. The lowest BCUT2D eigenvalue weighted by atomic mass is 9.87. The van der Waals surface area contributed by atoms with Crippen molar-refractivity contribution in [2.24, 2.45) is 0 Å². The monoisotopic (exact) mass is 362 g/mol. The summed E-state index contributed by atoms with van der Waals surface area (Å²) in [4.78, 5) is 17.5. The first-order chi connectivity index (χ1) is 13.3. The molecule has 1 amide bonds. The quantitative estimate of drug-likeness (QED) is 0.793. The average Bonchev–Trinajstić information content (AvgIpc) is 2.89. The Morgan fingerprint density at radius 3 is 2.26 bits per heavy atom. The number of hydrogen-bond donors (Lipinski definition) is 0. The lowest BCUT2D eigenvalue weighted by molar-refractivity contribution is -0.132. The number of carbonyl (C=O) groups is 1. The predicted octanol–water partition coefficient (Wildman–Crippen LogP) is 4.28. The van der Waals surface area contributed by atoms with E-state index >= 15 is 0 Å². The van der Waals surface area contributed by atoms with Gasteiger partial charge in [-0.05, 0) is 49.8 Å². The fourth-order valence-corrected chi connectivity index (χ4v) is 4.81. The molecule has 4 rings (SSSR count). The number of amides is 1. The molecule has 0 unspecified atom stereocenters. The van der Waals surface area contributed by atoms with E-state index in [1.165, 1.54) is 17.5 Å². The number of nitrogens with zero attached hydrogens (tertiary/aromatic N) is 2. The van der Waals surface area contributed by atoms with Crippen molar-refractivity contribution in [3.05, 3.63) is 71.8 Å². The Morgan fingerprint density at radius 2 is 1.52 bits per heavy atom. The first kappa shape index (κ1) is 18.2. The summed E-state index contributed by atoms with van der Waals surface area (Å²) < 4.78 is 0. The van der Waals surface area contributed by atoms with E-state index in [9.17, 15) is 4.79 Å². The van der Waals surface area contributed by atoms with E-state index in [0.717, 1.165) is 58.3 Å². The molecule has 27 heavy (non-hydrogen) atoms. The zero-order valence-corrected chi connectivity index (χ0v) is 16.1. The number of rotatable bonds is 5. The molecule has 1 spiro atoms. The van der Waals surface area contributed by atoms with Gasteiger partial charge < -0.3 is 9.80 Å². The summed E-state index contributed by atoms with van der Waals surface area (Å²) in [6.45, 7) is 4.14. The first-order valence-electron chi connectivity index (χ1n) is 10.4. The minimum absolute atomic E-state index is 0.0778. The zero-order valence-electron chi connectivity index (χ0n) is 16.1. The van der Waals surface area contributed by atoms with E-state index in [0.29, 0.717) is 5.91 Å². The van der Waals surface area contributed by atoms with Gasteiger partial charge in [-0.1, -0.05) is 60.7 Å². The Kier molecular flexibility index (Phi) is 5.58. The molecule has 0 aliphatic carbocycles. The average molecular weight is 363 g/mol. The lowest BCUT2D eigenvalue weighted by Crippen LogP contribution is -2.46. The van der Waals surface area contributed by atoms with Crippen LogP contribution < -0.4 is 0 Å². The highest BCUT2D eigenvalue weighted by Crippen LogP contribution is 2.40. The van der Waals surface area contributed by atoms with Gasteiger partial charge in [0.1, 0.15) is 0 Å². The largest absolute Gasteiger partial charge is 0.333 e. The third kappa shape index (κ3) is 4.24. The third-order valence-corrected chi connectivity index (χ3v) is 6.43. The van der Waals surface area contributed by atoms with E-state index in [1.807, 2.05) is 6.07 Å². The Morgan fingerprint density at radius 1 is 0.815 bits per heavy atom. The van der Waals surface area contributed by atoms with Gasteiger partial charge in [-0.3, -0.25) is 4.79 Å². The van der Waals surface area contributed by atoms with Crippen LogP contribution in [0.15, 0.2) is 60.7 Å². The standard InChI is InChI=1S/C24H30N2O/c27-23-12-15-24(26(23)20-22-10-5-2-6-11-22)14-7-17-25(19-16-24)18-13-21-8-3-1-4-9-21/h1-6,8-11H,7,12-20H2/t24-/m1/s1. The molecular formula is C24H30N2O. The summed E-state index contributed by atoms with van der Waals surface area (Å²) >= 11 is 0. The number of hydrogen-bond acceptors (Lipinski definition) is 2. The van der Waals surface area contributed by atoms with Crippen molar-refractivity contribution in [1.29, 1.82) is 0 Å². The van der Waals surface area contributed by atoms with E-state index in [-0.39, 0.29) is 5.54 Å². The highest BCUT2D eigenvalue weighted by Gasteiger charge is 2.45. The van der Waals surface area contributed by atoms with Crippen LogP contribution in [-0.2, 0) is 17.8 Å². The fourth-order valence-electron chi connectivity index (χ4n) is 4.81. The smallest absolute Gasteiger partial charge is 0.223 e. The van der Waals surface area contributed by atoms with Crippen molar-refractivity contribution in [1.82, 2.24) is 9.80 Å². The van der Waals surface area contributed by atoms with Crippen LogP contribution in [0.4, 0.5) is 0 Å². The van der Waals surface area contributed by atoms with E-state index in [1.54, 1.807) is 0 Å². The molecule has 2 aliphatic heterocycles. The molecular weight excluding hydrogens is 332 g/mol. The molecule has 0 bridgehead atoms. The van der Waals surface area contributed by atoms with Gasteiger partial charge >= 0.3 is 0 Å². The molecule has 2 aromatic rings. The molecule has 0 saturated carbocycles. The van der Waals surface area contributed by atoms with Crippen molar-refractivity contribution in [2.75, 3.05) is 19.6 Å². The van der Waals surface area contributed by atoms with Crippen molar-refractivity contribution in [3.63, 3.8) is 0 Å². The second-order valence-electron chi connectivity index (χ2n) is 8.12. The maximum atomic E-state index is 12.7. The van der Waals surface area contributed by atoms with Gasteiger partial charge in [0.05, 0.1) is 0 Å². The summed E-state index contributed by atoms with van der Waals surface area (Å²) in [5.74, 6) is 0.344. The van der Waals surface area contributed by atoms with Gasteiger partial charge in [0.15, 0.2) is 0 Å². The van der Waals surface area contributed by atoms with Crippen LogP contribution in [-0.4, -0.2) is 40.9 Å². The number of likely N-dealkylation sites (tertiary alicyclic amines) is 2. The molecule has 2 aromatic carbocycles. The van der Waals surface area contributed by atoms with Gasteiger partial charge in [0, 0.05) is 31.6 Å². The van der Waals surface area contributed by atoms with Gasteiger partial charge in [0.2, 0.25) is 5.91 Å². The van der Waals surface area contributed by atoms with Crippen molar-refractivity contribution in [2.45, 2.75) is 50.6 Å². The normalized spacial score (nSPS) is 23.7. The molecule has 2 fully saturated rings. The summed E-state index contributed by atoms with van der Waals surface area (Å²) in [5, 5.41) is 0. The lowest BCUT2D eigenvalue weighted by Gasteiger charge is -2.38. The van der Waals surface area contributed by atoms with Crippen molar-refractivity contribution in [3.8, 4) is 0 Å². The molecule has 0 aromatic heterocycles. The Bertz CT molecular complexity index is 745. The van der Waals surface area contributed by atoms with Crippen molar-refractivity contribution < 1.29 is 4.79 Å². The first-order valence-corrected chi connectivity index (χ1v) is 10.4. The number of benzene rings is 2. The summed E-state index contributed by atoms with van der Waals surface area (Å²) in [7, 11) is 0. The maximum Gasteiger partial charge on any atom is 0.223 e. The SMILES string of the molecule is O=C1CC[C@@]2(CCCN(CCc3ccccc3)CC2)N1Cc1ccccc1. The molecule has 2 aliphatic rings. The number of carbonyl (C=O) groups excluding carboxylic acids is 1. The highest BCUT2D eigenvalue weighted by atomic mass is 16.2. The Labute approximate surface area is 163 Å². The molecule has 1 atom stereocenters. The highest BCUT2D eigenvalue weighted by molar-refractivity contribution is 5.79. The minimum atomic E-state index is 0.0778. The van der Waals surface area contributed by atoms with E-state index in [4.69, 9.17) is 0 Å². The van der Waals surface area contributed by atoms with Crippen molar-refractivity contribution >= 4 is 5.91 Å². The van der Waals surface area contributed by atoms with Crippen LogP contribution in [0.3, 0.4) is 0 Å². The van der Waals surface area contributed by atoms with Gasteiger partial charge in [-0.25, -0.2) is 0 Å². The van der Waals surface area contributed by atoms with Crippen LogP contribution in [0.25, 0.3) is 0 Å². The molecule has 2 saturated heterocycles. The van der Waals surface area contributed by atoms with Crippen LogP contribution in [0.5, 0.6) is 0 Å². The molecule has 142 valence electrons. The van der Waals surface area contributed by atoms with Gasteiger partial charge in [-0.2, -0.15) is 0 Å². The zero-order chi connectivity index (χ0) is 18.5. The third-order valence-electron chi connectivity index (χ3n) is 6.43. The molecule has 0 radical (unpaired) electrons. The van der Waals surface area contributed by atoms with Crippen LogP contribution in [0, 0.1) is 0 Å². The Hall–Kier alpha value is -2.13. The molecule has 3 nitrogen and oxygen atoms in total. The van der Waals surface area contributed by atoms with Crippen LogP contribution in [0.2, 0.25) is 0 Å². The van der Waals surface area contributed by atoms with E-state index < -0.39 is 0 Å². The van der Waals surface area contributed by atoms with Crippen LogP contribution in [0.1, 0.15) is 43.2 Å². The summed E-state index contributed by atoms with van der Waals surface area (Å²) in [6, 6.07) is 21.2. The molecule has 2 heterocycles. The topological polar surface area (TPSA) is 23.6 Å². The van der Waals surface area contributed by atoms with E-state index in [2.05, 4.69) is 64.4 Å². The minimum Gasteiger partial charge on any atom is -0.333 e. The summed E-state index contributed by atoms with van der Waals surface area (Å²) in [6.07, 6.45) is 6.31. The molecule has 0 N–H and O–H groups in total. The van der Waals surface area contributed by atoms with Crippen LogP contribution >= 0.6 is 0 Å². The van der Waals surface area contributed by atoms with Gasteiger partial charge in [-0.15, -0.1) is 0 Å². The Balaban J connectivity index is 1.40. The second kappa shape index (κ2) is 8.26. The fraction of sp³-hybridized carbons (Fsp3) is 0.458. The second-order valence-corrected chi connectivity index (χ2v) is 8.12. The van der Waals surface area contributed by atoms with Gasteiger partial charge in [0.25, 0.3) is 0 Å². The maximum absolute atomic E-state index is 12.7.